The largest absolute Gasteiger partial charge is 0.396 e. The molecule has 0 fully saturated rings. The third kappa shape index (κ3) is 3.34. The van der Waals surface area contributed by atoms with Crippen LogP contribution in [0.1, 0.15) is 6.42 Å². The first-order valence-corrected chi connectivity index (χ1v) is 2.75. The normalized spacial score (nSPS) is 10.0. The van der Waals surface area contributed by atoms with E-state index in [1.807, 2.05) is 0 Å². The zero-order valence-corrected chi connectivity index (χ0v) is 5.26. The molecule has 1 radical (unpaired) electrons. The molecule has 0 saturated heterocycles. The van der Waals surface area contributed by atoms with Crippen LogP contribution in [0.5, 0.6) is 0 Å². The molecule has 0 aromatic heterocycles. The van der Waals surface area contributed by atoms with E-state index in [1.54, 1.807) is 0 Å². The van der Waals surface area contributed by atoms with Crippen molar-refractivity contribution in [3.05, 3.63) is 0 Å². The molecule has 0 bridgehead atoms. The molecule has 59 valence electrons. The summed E-state index contributed by atoms with van der Waals surface area (Å²) < 4.78 is 23.2. The van der Waals surface area contributed by atoms with E-state index >= 15 is 0 Å². The summed E-state index contributed by atoms with van der Waals surface area (Å²) in [6.07, 6.45) is 1.21. The van der Waals surface area contributed by atoms with Gasteiger partial charge in [-0.15, -0.1) is 0 Å². The van der Waals surface area contributed by atoms with Crippen LogP contribution in [0.3, 0.4) is 0 Å². The minimum Gasteiger partial charge on any atom is -0.396 e. The van der Waals surface area contributed by atoms with Crippen molar-refractivity contribution in [2.24, 2.45) is 0 Å². The molecule has 0 heterocycles. The van der Waals surface area contributed by atoms with Crippen molar-refractivity contribution < 1.29 is 18.7 Å². The van der Waals surface area contributed by atoms with E-state index < -0.39 is 6.55 Å². The van der Waals surface area contributed by atoms with E-state index in [-0.39, 0.29) is 24.5 Å². The van der Waals surface area contributed by atoms with Crippen molar-refractivity contribution in [1.82, 2.24) is 4.90 Å². The van der Waals surface area contributed by atoms with Gasteiger partial charge in [-0.1, -0.05) is 0 Å². The van der Waals surface area contributed by atoms with Crippen molar-refractivity contribution in [3.63, 3.8) is 0 Å². The van der Waals surface area contributed by atoms with Crippen molar-refractivity contribution in [2.75, 3.05) is 13.2 Å². The lowest BCUT2D eigenvalue weighted by molar-refractivity contribution is 0.0171. The number of alkyl halides is 2. The van der Waals surface area contributed by atoms with Crippen LogP contribution in [0, 0.1) is 0 Å². The maximum atomic E-state index is 11.6. The number of aliphatic hydroxyl groups is 1. The molecule has 0 aliphatic heterocycles. The van der Waals surface area contributed by atoms with Crippen LogP contribution in [0.15, 0.2) is 0 Å². The highest BCUT2D eigenvalue weighted by molar-refractivity contribution is 5.47. The molecule has 0 aliphatic carbocycles. The Balaban J connectivity index is 3.50. The van der Waals surface area contributed by atoms with Crippen LogP contribution in [-0.2, 0) is 4.79 Å². The Morgan fingerprint density at radius 2 is 2.20 bits per heavy atom. The Kier molecular flexibility index (Phi) is 4.74. The Morgan fingerprint density at radius 1 is 1.60 bits per heavy atom. The maximum Gasteiger partial charge on any atom is 0.317 e. The second kappa shape index (κ2) is 5.10. The molecular formula is C5H8F2NO2. The van der Waals surface area contributed by atoms with Crippen LogP contribution in [0.4, 0.5) is 8.78 Å². The van der Waals surface area contributed by atoms with E-state index in [0.717, 1.165) is 6.41 Å². The first-order valence-electron chi connectivity index (χ1n) is 2.75. The highest BCUT2D eigenvalue weighted by Gasteiger charge is 2.12. The predicted octanol–water partition coefficient (Wildman–Crippen LogP) is -0.0394. The SMILES string of the molecule is O=[C]N(CCCO)C(F)F. The van der Waals surface area contributed by atoms with Crippen molar-refractivity contribution in [3.8, 4) is 0 Å². The fourth-order valence-electron chi connectivity index (χ4n) is 0.424. The Bertz CT molecular complexity index is 99.6. The molecule has 10 heavy (non-hydrogen) atoms. The number of hydrogen-bond acceptors (Lipinski definition) is 2. The van der Waals surface area contributed by atoms with Crippen molar-refractivity contribution in [2.45, 2.75) is 13.0 Å². The molecule has 5 heteroatoms. The van der Waals surface area contributed by atoms with Gasteiger partial charge >= 0.3 is 13.0 Å². The van der Waals surface area contributed by atoms with Gasteiger partial charge in [0.15, 0.2) is 0 Å². The second-order valence-electron chi connectivity index (χ2n) is 1.64. The first kappa shape index (κ1) is 9.29. The van der Waals surface area contributed by atoms with Crippen LogP contribution in [-0.4, -0.2) is 36.1 Å². The third-order valence-corrected chi connectivity index (χ3v) is 0.910. The molecular weight excluding hydrogens is 144 g/mol. The van der Waals surface area contributed by atoms with Crippen molar-refractivity contribution >= 4 is 6.41 Å². The van der Waals surface area contributed by atoms with E-state index in [4.69, 9.17) is 5.11 Å². The average molecular weight is 152 g/mol. The standard InChI is InChI=1S/C5H8F2NO2/c6-5(7)8(4-10)2-1-3-9/h5,9H,1-3H2. The third-order valence-electron chi connectivity index (χ3n) is 0.910. The minimum absolute atomic E-state index is 0.152. The van der Waals surface area contributed by atoms with E-state index in [0.29, 0.717) is 0 Å². The van der Waals surface area contributed by atoms with Crippen LogP contribution in [0.2, 0.25) is 0 Å². The Labute approximate surface area is 57.2 Å². The molecule has 0 aromatic carbocycles. The van der Waals surface area contributed by atoms with Gasteiger partial charge in [0.05, 0.1) is 0 Å². The van der Waals surface area contributed by atoms with Crippen LogP contribution < -0.4 is 0 Å². The number of nitrogens with zero attached hydrogens (tertiary/aromatic N) is 1. The topological polar surface area (TPSA) is 40.5 Å². The summed E-state index contributed by atoms with van der Waals surface area (Å²) in [5.74, 6) is 0. The zero-order chi connectivity index (χ0) is 7.98. The van der Waals surface area contributed by atoms with Crippen LogP contribution >= 0.6 is 0 Å². The van der Waals surface area contributed by atoms with E-state index in [1.165, 1.54) is 0 Å². The molecule has 0 unspecified atom stereocenters. The predicted molar refractivity (Wildman–Crippen MR) is 30.1 cm³/mol. The van der Waals surface area contributed by atoms with Gasteiger partial charge in [0.2, 0.25) is 0 Å². The summed E-state index contributed by atoms with van der Waals surface area (Å²) in [5.41, 5.74) is 0. The number of carbonyl (C=O) groups excluding carboxylic acids is 1. The quantitative estimate of drug-likeness (QED) is 0.443. The van der Waals surface area contributed by atoms with Gasteiger partial charge < -0.3 is 5.11 Å². The van der Waals surface area contributed by atoms with E-state index in [9.17, 15) is 13.6 Å². The van der Waals surface area contributed by atoms with Gasteiger partial charge in [0.1, 0.15) is 0 Å². The highest BCUT2D eigenvalue weighted by atomic mass is 19.3. The zero-order valence-electron chi connectivity index (χ0n) is 5.26. The molecule has 0 aliphatic rings. The first-order chi connectivity index (χ1) is 4.72. The molecule has 0 aromatic rings. The van der Waals surface area contributed by atoms with Gasteiger partial charge in [0, 0.05) is 13.2 Å². The number of amides is 1. The summed E-state index contributed by atoms with van der Waals surface area (Å²) in [4.78, 5) is 9.90. The lowest BCUT2D eigenvalue weighted by atomic mass is 10.4. The number of halogens is 2. The summed E-state index contributed by atoms with van der Waals surface area (Å²) in [6.45, 7) is -3.17. The fourth-order valence-corrected chi connectivity index (χ4v) is 0.424. The molecule has 0 rings (SSSR count). The van der Waals surface area contributed by atoms with Crippen molar-refractivity contribution in [1.29, 1.82) is 0 Å². The second-order valence-corrected chi connectivity index (χ2v) is 1.64. The molecule has 1 amide bonds. The van der Waals surface area contributed by atoms with Gasteiger partial charge in [-0.3, -0.25) is 9.69 Å². The number of aliphatic hydroxyl groups excluding tert-OH is 1. The van der Waals surface area contributed by atoms with Crippen LogP contribution in [0.25, 0.3) is 0 Å². The molecule has 3 nitrogen and oxygen atoms in total. The smallest absolute Gasteiger partial charge is 0.317 e. The molecule has 1 N–H and O–H groups in total. The number of hydrogen-bond donors (Lipinski definition) is 1. The fraction of sp³-hybridized carbons (Fsp3) is 0.800. The summed E-state index contributed by atoms with van der Waals surface area (Å²) in [5, 5.41) is 8.19. The average Bonchev–Trinajstić information content (AvgIpc) is 1.89. The van der Waals surface area contributed by atoms with Gasteiger partial charge in [-0.05, 0) is 6.42 Å². The Hall–Kier alpha value is -0.710. The summed E-state index contributed by atoms with van der Waals surface area (Å²) >= 11 is 0. The maximum absolute atomic E-state index is 11.6. The lowest BCUT2D eigenvalue weighted by Gasteiger charge is -2.12. The summed E-state index contributed by atoms with van der Waals surface area (Å²) in [7, 11) is 0. The number of rotatable bonds is 5. The Morgan fingerprint density at radius 3 is 2.50 bits per heavy atom. The monoisotopic (exact) mass is 152 g/mol. The highest BCUT2D eigenvalue weighted by Crippen LogP contribution is 1.99. The van der Waals surface area contributed by atoms with Gasteiger partial charge in [-0.2, -0.15) is 8.78 Å². The summed E-state index contributed by atoms with van der Waals surface area (Å²) in [6, 6.07) is 0. The molecule has 0 spiro atoms. The van der Waals surface area contributed by atoms with Gasteiger partial charge in [-0.25, -0.2) is 0 Å². The molecule has 0 atom stereocenters. The minimum atomic E-state index is -2.82. The molecule has 0 saturated carbocycles. The van der Waals surface area contributed by atoms with Gasteiger partial charge in [0.25, 0.3) is 0 Å². The lowest BCUT2D eigenvalue weighted by Crippen LogP contribution is -2.28. The van der Waals surface area contributed by atoms with E-state index in [2.05, 4.69) is 0 Å².